The summed E-state index contributed by atoms with van der Waals surface area (Å²) < 4.78 is 13.9. The van der Waals surface area contributed by atoms with E-state index >= 15 is 0 Å². The summed E-state index contributed by atoms with van der Waals surface area (Å²) in [7, 11) is 1.47. The monoisotopic (exact) mass is 269 g/mol. The van der Waals surface area contributed by atoms with Crippen molar-refractivity contribution in [3.05, 3.63) is 23.6 Å². The molecule has 104 valence electrons. The van der Waals surface area contributed by atoms with Gasteiger partial charge >= 0.3 is 5.97 Å². The molecule has 1 amide bonds. The van der Waals surface area contributed by atoms with Crippen LogP contribution in [-0.2, 0) is 4.79 Å². The van der Waals surface area contributed by atoms with Crippen molar-refractivity contribution in [3.63, 3.8) is 0 Å². The average Bonchev–Trinajstić information content (AvgIpc) is 2.27. The van der Waals surface area contributed by atoms with Crippen molar-refractivity contribution in [2.24, 2.45) is 0 Å². The van der Waals surface area contributed by atoms with Gasteiger partial charge in [0.05, 0.1) is 6.54 Å². The second-order valence-corrected chi connectivity index (χ2v) is 4.38. The molecule has 0 bridgehead atoms. The Balaban J connectivity index is 2.88. The van der Waals surface area contributed by atoms with Gasteiger partial charge in [0.1, 0.15) is 5.56 Å². The number of hydrogen-bond acceptors (Lipinski definition) is 4. The number of likely N-dealkylation sites (N-methyl/N-ethyl adjacent to an activating group) is 1. The molecule has 0 saturated heterocycles. The SMILES string of the molecule is CC(C)NC(=O)CN(C)c1nccc(C(=O)O)c1F. The predicted octanol–water partition coefficient (Wildman–Crippen LogP) is 0.880. The number of carboxylic acid groups (broad SMARTS) is 1. The third-order valence-electron chi connectivity index (χ3n) is 2.29. The number of carbonyl (C=O) groups excluding carboxylic acids is 1. The Hall–Kier alpha value is -2.18. The Kier molecular flexibility index (Phi) is 4.80. The molecular weight excluding hydrogens is 253 g/mol. The number of aromatic carboxylic acids is 1. The quantitative estimate of drug-likeness (QED) is 0.829. The lowest BCUT2D eigenvalue weighted by Gasteiger charge is -2.19. The van der Waals surface area contributed by atoms with Crippen molar-refractivity contribution in [1.29, 1.82) is 0 Å². The maximum Gasteiger partial charge on any atom is 0.338 e. The second-order valence-electron chi connectivity index (χ2n) is 4.38. The molecule has 0 radical (unpaired) electrons. The molecule has 0 aliphatic rings. The average molecular weight is 269 g/mol. The zero-order valence-electron chi connectivity index (χ0n) is 11.0. The largest absolute Gasteiger partial charge is 0.478 e. The minimum Gasteiger partial charge on any atom is -0.478 e. The van der Waals surface area contributed by atoms with Crippen LogP contribution in [0.15, 0.2) is 12.3 Å². The number of nitrogens with zero attached hydrogens (tertiary/aromatic N) is 2. The molecule has 1 heterocycles. The maximum atomic E-state index is 13.9. The van der Waals surface area contributed by atoms with Gasteiger partial charge in [-0.25, -0.2) is 14.2 Å². The number of rotatable bonds is 5. The van der Waals surface area contributed by atoms with Crippen LogP contribution in [-0.4, -0.2) is 41.6 Å². The molecule has 0 aliphatic carbocycles. The molecule has 1 aromatic rings. The van der Waals surface area contributed by atoms with E-state index in [2.05, 4.69) is 10.3 Å². The van der Waals surface area contributed by atoms with Gasteiger partial charge in [-0.05, 0) is 19.9 Å². The van der Waals surface area contributed by atoms with Gasteiger partial charge in [0, 0.05) is 19.3 Å². The molecule has 0 saturated carbocycles. The lowest BCUT2D eigenvalue weighted by molar-refractivity contribution is -0.120. The minimum atomic E-state index is -1.37. The third-order valence-corrected chi connectivity index (χ3v) is 2.29. The van der Waals surface area contributed by atoms with Crippen molar-refractivity contribution in [2.45, 2.75) is 19.9 Å². The van der Waals surface area contributed by atoms with Crippen LogP contribution < -0.4 is 10.2 Å². The van der Waals surface area contributed by atoms with Crippen LogP contribution in [0.2, 0.25) is 0 Å². The fraction of sp³-hybridized carbons (Fsp3) is 0.417. The van der Waals surface area contributed by atoms with Gasteiger partial charge in [-0.15, -0.1) is 0 Å². The Labute approximate surface area is 110 Å². The lowest BCUT2D eigenvalue weighted by Crippen LogP contribution is -2.39. The van der Waals surface area contributed by atoms with Crippen LogP contribution in [0.5, 0.6) is 0 Å². The molecular formula is C12H16FN3O3. The highest BCUT2D eigenvalue weighted by Gasteiger charge is 2.19. The van der Waals surface area contributed by atoms with E-state index in [9.17, 15) is 14.0 Å². The number of carboxylic acids is 1. The molecule has 0 spiro atoms. The zero-order chi connectivity index (χ0) is 14.6. The minimum absolute atomic E-state index is 0.0240. The molecule has 2 N–H and O–H groups in total. The van der Waals surface area contributed by atoms with Crippen LogP contribution in [0.1, 0.15) is 24.2 Å². The standard InChI is InChI=1S/C12H16FN3O3/c1-7(2)15-9(17)6-16(3)11-10(13)8(12(18)19)4-5-14-11/h4-5,7H,6H2,1-3H3,(H,15,17)(H,18,19). The van der Waals surface area contributed by atoms with Gasteiger partial charge in [-0.3, -0.25) is 4.79 Å². The van der Waals surface area contributed by atoms with E-state index in [4.69, 9.17) is 5.11 Å². The number of aromatic nitrogens is 1. The van der Waals surface area contributed by atoms with E-state index in [1.165, 1.54) is 18.1 Å². The highest BCUT2D eigenvalue weighted by molar-refractivity contribution is 5.89. The maximum absolute atomic E-state index is 13.9. The van der Waals surface area contributed by atoms with Crippen molar-refractivity contribution in [1.82, 2.24) is 10.3 Å². The number of amides is 1. The van der Waals surface area contributed by atoms with Crippen molar-refractivity contribution < 1.29 is 19.1 Å². The summed E-state index contributed by atoms with van der Waals surface area (Å²) in [5.74, 6) is -2.78. The van der Waals surface area contributed by atoms with E-state index in [0.717, 1.165) is 6.07 Å². The summed E-state index contributed by atoms with van der Waals surface area (Å²) in [6.45, 7) is 3.51. The third kappa shape index (κ3) is 3.90. The number of carbonyl (C=O) groups is 2. The Morgan fingerprint density at radius 3 is 2.68 bits per heavy atom. The van der Waals surface area contributed by atoms with Crippen molar-refractivity contribution in [3.8, 4) is 0 Å². The molecule has 1 rings (SSSR count). The fourth-order valence-electron chi connectivity index (χ4n) is 1.52. The summed E-state index contributed by atoms with van der Waals surface area (Å²) in [6, 6.07) is 1.05. The lowest BCUT2D eigenvalue weighted by atomic mass is 10.2. The first-order chi connectivity index (χ1) is 8.82. The molecule has 1 aromatic heterocycles. The van der Waals surface area contributed by atoms with Crippen LogP contribution in [0, 0.1) is 5.82 Å². The summed E-state index contributed by atoms with van der Waals surface area (Å²) in [5, 5.41) is 11.5. The first-order valence-electron chi connectivity index (χ1n) is 5.71. The van der Waals surface area contributed by atoms with Crippen LogP contribution >= 0.6 is 0 Å². The topological polar surface area (TPSA) is 82.5 Å². The zero-order valence-corrected chi connectivity index (χ0v) is 11.0. The summed E-state index contributed by atoms with van der Waals surface area (Å²) in [4.78, 5) is 27.4. The fourth-order valence-corrected chi connectivity index (χ4v) is 1.52. The number of pyridine rings is 1. The number of nitrogens with one attached hydrogen (secondary N) is 1. The first-order valence-corrected chi connectivity index (χ1v) is 5.71. The van der Waals surface area contributed by atoms with Crippen LogP contribution in [0.4, 0.5) is 10.2 Å². The van der Waals surface area contributed by atoms with Gasteiger partial charge in [-0.2, -0.15) is 0 Å². The van der Waals surface area contributed by atoms with Gasteiger partial charge in [0.15, 0.2) is 11.6 Å². The summed E-state index contributed by atoms with van der Waals surface area (Å²) in [6.07, 6.45) is 1.19. The molecule has 0 fully saturated rings. The smallest absolute Gasteiger partial charge is 0.338 e. The number of hydrogen-bond donors (Lipinski definition) is 2. The highest BCUT2D eigenvalue weighted by atomic mass is 19.1. The highest BCUT2D eigenvalue weighted by Crippen LogP contribution is 2.18. The van der Waals surface area contributed by atoms with Gasteiger partial charge in [0.25, 0.3) is 0 Å². The molecule has 7 heteroatoms. The van der Waals surface area contributed by atoms with E-state index in [1.54, 1.807) is 0 Å². The van der Waals surface area contributed by atoms with Gasteiger partial charge in [0.2, 0.25) is 5.91 Å². The Morgan fingerprint density at radius 1 is 1.53 bits per heavy atom. The number of anilines is 1. The molecule has 0 unspecified atom stereocenters. The normalized spacial score (nSPS) is 10.4. The Morgan fingerprint density at radius 2 is 2.16 bits per heavy atom. The van der Waals surface area contributed by atoms with Gasteiger partial charge in [-0.1, -0.05) is 0 Å². The molecule has 19 heavy (non-hydrogen) atoms. The van der Waals surface area contributed by atoms with E-state index in [1.807, 2.05) is 13.8 Å². The van der Waals surface area contributed by atoms with Crippen LogP contribution in [0.25, 0.3) is 0 Å². The predicted molar refractivity (Wildman–Crippen MR) is 67.7 cm³/mol. The molecule has 6 nitrogen and oxygen atoms in total. The van der Waals surface area contributed by atoms with Crippen LogP contribution in [0.3, 0.4) is 0 Å². The van der Waals surface area contributed by atoms with E-state index in [0.29, 0.717) is 0 Å². The van der Waals surface area contributed by atoms with E-state index < -0.39 is 17.3 Å². The van der Waals surface area contributed by atoms with E-state index in [-0.39, 0.29) is 24.3 Å². The summed E-state index contributed by atoms with van der Waals surface area (Å²) in [5.41, 5.74) is -0.471. The Bertz CT molecular complexity index is 491. The van der Waals surface area contributed by atoms with Crippen molar-refractivity contribution >= 4 is 17.7 Å². The first kappa shape index (κ1) is 14.9. The molecule has 0 aromatic carbocycles. The number of halogens is 1. The summed E-state index contributed by atoms with van der Waals surface area (Å²) >= 11 is 0. The van der Waals surface area contributed by atoms with Crippen molar-refractivity contribution in [2.75, 3.05) is 18.5 Å². The molecule has 0 aliphatic heterocycles. The molecule has 0 atom stereocenters. The van der Waals surface area contributed by atoms with Gasteiger partial charge < -0.3 is 15.3 Å². The second kappa shape index (κ2) is 6.12.